The van der Waals surface area contributed by atoms with Gasteiger partial charge in [0.2, 0.25) is 0 Å². The van der Waals surface area contributed by atoms with Gasteiger partial charge in [-0.2, -0.15) is 0 Å². The normalized spacial score (nSPS) is 11.7. The Morgan fingerprint density at radius 3 is 2.08 bits per heavy atom. The molecule has 0 N–H and O–H groups in total. The number of hydrogen-bond acceptors (Lipinski definition) is 1. The van der Waals surface area contributed by atoms with Gasteiger partial charge in [-0.1, -0.05) is 0 Å². The number of benzene rings is 2. The maximum absolute atomic E-state index is 4.86. The molecule has 0 fully saturated rings. The van der Waals surface area contributed by atoms with Crippen LogP contribution in [0.3, 0.4) is 0 Å². The summed E-state index contributed by atoms with van der Waals surface area (Å²) < 4.78 is 3.03. The van der Waals surface area contributed by atoms with E-state index in [0.717, 1.165) is 12.1 Å². The van der Waals surface area contributed by atoms with Crippen LogP contribution in [0.4, 0.5) is 0 Å². The van der Waals surface area contributed by atoms with Crippen LogP contribution in [0.25, 0.3) is 11.3 Å². The third-order valence-corrected chi connectivity index (χ3v) is 12.4. The third kappa shape index (κ3) is 4.04. The Kier molecular flexibility index (Phi) is 5.43. The van der Waals surface area contributed by atoms with Gasteiger partial charge in [-0.3, -0.25) is 0 Å². The first kappa shape index (κ1) is 17.9. The minimum atomic E-state index is -2.35. The van der Waals surface area contributed by atoms with Gasteiger partial charge in [0.05, 0.1) is 0 Å². The van der Waals surface area contributed by atoms with Crippen molar-refractivity contribution in [3.63, 3.8) is 0 Å². The molecule has 3 rings (SSSR count). The van der Waals surface area contributed by atoms with E-state index in [9.17, 15) is 0 Å². The molecule has 1 aromatic heterocycles. The number of nitrogens with zero attached hydrogens (tertiary/aromatic N) is 1. The van der Waals surface area contributed by atoms with Gasteiger partial charge in [-0.15, -0.1) is 0 Å². The average molecular weight is 390 g/mol. The molecule has 0 saturated heterocycles. The SMILES string of the molecule is CC(C)Cc1cc(-c2ccccc2)nc[c]1[Ge]([CH3])([CH3])[c]1ccccc1. The second-order valence-electron chi connectivity index (χ2n) is 7.68. The van der Waals surface area contributed by atoms with E-state index in [1.54, 1.807) is 0 Å². The monoisotopic (exact) mass is 391 g/mol. The molecule has 1 nitrogen and oxygen atoms in total. The Bertz CT molecular complexity index is 823. The van der Waals surface area contributed by atoms with Gasteiger partial charge in [-0.05, 0) is 0 Å². The van der Waals surface area contributed by atoms with E-state index >= 15 is 0 Å². The summed E-state index contributed by atoms with van der Waals surface area (Å²) in [7, 11) is 0. The van der Waals surface area contributed by atoms with Crippen LogP contribution in [-0.4, -0.2) is 18.3 Å². The molecule has 25 heavy (non-hydrogen) atoms. The van der Waals surface area contributed by atoms with Crippen molar-refractivity contribution in [3.8, 4) is 11.3 Å². The van der Waals surface area contributed by atoms with Crippen LogP contribution in [0.15, 0.2) is 72.9 Å². The standard InChI is InChI=1S/C23H27GeN/c1-18(2)15-20-16-23(19-11-7-5-8-12-19)25-17-22(20)24(3,4)21-13-9-6-10-14-21/h5-14,16-18H,15H2,1-4H3. The number of aromatic nitrogens is 1. The quantitative estimate of drug-likeness (QED) is 0.572. The molecule has 0 unspecified atom stereocenters. The Balaban J connectivity index is 2.10. The van der Waals surface area contributed by atoms with E-state index in [4.69, 9.17) is 4.98 Å². The van der Waals surface area contributed by atoms with Crippen molar-refractivity contribution in [2.75, 3.05) is 0 Å². The summed E-state index contributed by atoms with van der Waals surface area (Å²) in [5, 5.41) is 0. The molecule has 1 heterocycles. The number of pyridine rings is 1. The van der Waals surface area contributed by atoms with Crippen LogP contribution in [0, 0.1) is 5.92 Å². The van der Waals surface area contributed by atoms with Crippen LogP contribution in [0.1, 0.15) is 19.4 Å². The van der Waals surface area contributed by atoms with Crippen molar-refractivity contribution in [2.45, 2.75) is 31.8 Å². The van der Waals surface area contributed by atoms with Crippen molar-refractivity contribution in [2.24, 2.45) is 5.92 Å². The fourth-order valence-electron chi connectivity index (χ4n) is 3.45. The number of rotatable bonds is 5. The van der Waals surface area contributed by atoms with Crippen molar-refractivity contribution < 1.29 is 0 Å². The molecular weight excluding hydrogens is 363 g/mol. The predicted octanol–water partition coefficient (Wildman–Crippen LogP) is 4.77. The van der Waals surface area contributed by atoms with Crippen molar-refractivity contribution in [1.29, 1.82) is 0 Å². The molecule has 0 atom stereocenters. The zero-order chi connectivity index (χ0) is 17.9. The second-order valence-corrected chi connectivity index (χ2v) is 16.8. The maximum atomic E-state index is 4.86. The Morgan fingerprint density at radius 2 is 1.48 bits per heavy atom. The Labute approximate surface area is 154 Å². The molecular formula is C23H27GeN. The molecule has 2 heteroatoms. The molecule has 0 spiro atoms. The first-order valence-electron chi connectivity index (χ1n) is 9.09. The molecule has 3 aromatic rings. The van der Waals surface area contributed by atoms with Gasteiger partial charge in [0.25, 0.3) is 0 Å². The minimum absolute atomic E-state index is 0.638. The number of hydrogen-bond donors (Lipinski definition) is 0. The molecule has 0 aliphatic heterocycles. The van der Waals surface area contributed by atoms with Crippen molar-refractivity contribution >= 4 is 22.1 Å². The fraction of sp³-hybridized carbons (Fsp3) is 0.261. The van der Waals surface area contributed by atoms with Gasteiger partial charge in [0.1, 0.15) is 0 Å². The summed E-state index contributed by atoms with van der Waals surface area (Å²) in [6.07, 6.45) is 3.28. The van der Waals surface area contributed by atoms with Gasteiger partial charge in [0, 0.05) is 0 Å². The summed E-state index contributed by atoms with van der Waals surface area (Å²) >= 11 is -2.35. The van der Waals surface area contributed by atoms with E-state index in [-0.39, 0.29) is 0 Å². The van der Waals surface area contributed by atoms with Gasteiger partial charge >= 0.3 is 154 Å². The van der Waals surface area contributed by atoms with Gasteiger partial charge in [-0.25, -0.2) is 0 Å². The molecule has 0 bridgehead atoms. The molecule has 0 aliphatic carbocycles. The molecule has 0 radical (unpaired) electrons. The second kappa shape index (κ2) is 7.57. The summed E-state index contributed by atoms with van der Waals surface area (Å²) in [5.41, 5.74) is 3.77. The van der Waals surface area contributed by atoms with Crippen molar-refractivity contribution in [1.82, 2.24) is 4.98 Å². The average Bonchev–Trinajstić information content (AvgIpc) is 2.62. The molecule has 2 aromatic carbocycles. The van der Waals surface area contributed by atoms with E-state index in [1.165, 1.54) is 19.9 Å². The molecule has 128 valence electrons. The van der Waals surface area contributed by atoms with E-state index in [0.29, 0.717) is 5.92 Å². The predicted molar refractivity (Wildman–Crippen MR) is 111 cm³/mol. The Morgan fingerprint density at radius 1 is 0.880 bits per heavy atom. The van der Waals surface area contributed by atoms with E-state index < -0.39 is 13.3 Å². The third-order valence-electron chi connectivity index (χ3n) is 4.86. The summed E-state index contributed by atoms with van der Waals surface area (Å²) in [4.78, 5) is 4.86. The molecule has 0 saturated carbocycles. The summed E-state index contributed by atoms with van der Waals surface area (Å²) in [6, 6.07) is 23.9. The fourth-order valence-corrected chi connectivity index (χ4v) is 9.11. The zero-order valence-corrected chi connectivity index (χ0v) is 17.8. The Hall–Kier alpha value is -1.87. The van der Waals surface area contributed by atoms with Crippen LogP contribution >= 0.6 is 0 Å². The molecule has 0 amide bonds. The summed E-state index contributed by atoms with van der Waals surface area (Å²) in [5.74, 6) is 5.61. The van der Waals surface area contributed by atoms with Gasteiger partial charge in [0.15, 0.2) is 0 Å². The van der Waals surface area contributed by atoms with Crippen LogP contribution < -0.4 is 8.79 Å². The van der Waals surface area contributed by atoms with E-state index in [2.05, 4.69) is 98.3 Å². The zero-order valence-electron chi connectivity index (χ0n) is 15.7. The van der Waals surface area contributed by atoms with E-state index in [1.807, 2.05) is 0 Å². The van der Waals surface area contributed by atoms with Crippen molar-refractivity contribution in [3.05, 3.63) is 78.5 Å². The first-order chi connectivity index (χ1) is 12.0. The van der Waals surface area contributed by atoms with Crippen LogP contribution in [0.2, 0.25) is 11.5 Å². The van der Waals surface area contributed by atoms with Crippen LogP contribution in [0.5, 0.6) is 0 Å². The van der Waals surface area contributed by atoms with Gasteiger partial charge < -0.3 is 0 Å². The first-order valence-corrected chi connectivity index (χ1v) is 15.4. The van der Waals surface area contributed by atoms with Crippen LogP contribution in [-0.2, 0) is 6.42 Å². The topological polar surface area (TPSA) is 12.9 Å². The summed E-state index contributed by atoms with van der Waals surface area (Å²) in [6.45, 7) is 4.60. The molecule has 0 aliphatic rings.